The largest absolute Gasteiger partial charge is 0.369 e. The molecule has 1 atom stereocenters. The van der Waals surface area contributed by atoms with Crippen LogP contribution >= 0.6 is 22.9 Å². The van der Waals surface area contributed by atoms with Crippen molar-refractivity contribution in [2.45, 2.75) is 12.8 Å². The molecule has 1 aliphatic heterocycles. The highest BCUT2D eigenvalue weighted by molar-refractivity contribution is 7.16. The van der Waals surface area contributed by atoms with Gasteiger partial charge in [0.1, 0.15) is 10.6 Å². The monoisotopic (exact) mass is 296 g/mol. The van der Waals surface area contributed by atoms with Gasteiger partial charge in [0, 0.05) is 13.1 Å². The van der Waals surface area contributed by atoms with E-state index < -0.39 is 0 Å². The van der Waals surface area contributed by atoms with Crippen molar-refractivity contribution < 1.29 is 0 Å². The van der Waals surface area contributed by atoms with E-state index in [4.69, 9.17) is 11.6 Å². The fourth-order valence-electron chi connectivity index (χ4n) is 2.64. The van der Waals surface area contributed by atoms with Gasteiger partial charge in [-0.25, -0.2) is 9.97 Å². The van der Waals surface area contributed by atoms with E-state index >= 15 is 0 Å². The van der Waals surface area contributed by atoms with E-state index in [-0.39, 0.29) is 0 Å². The van der Waals surface area contributed by atoms with E-state index in [0.29, 0.717) is 11.2 Å². The van der Waals surface area contributed by atoms with Crippen molar-refractivity contribution in [2.24, 2.45) is 5.92 Å². The maximum atomic E-state index is 5.96. The molecule has 1 saturated heterocycles. The summed E-state index contributed by atoms with van der Waals surface area (Å²) in [7, 11) is 2.19. The Balaban J connectivity index is 1.72. The normalized spacial score (nSPS) is 20.8. The van der Waals surface area contributed by atoms with Crippen molar-refractivity contribution in [3.8, 4) is 0 Å². The SMILES string of the molecule is CN1CCCC(CNc2nc(Cl)nc3sccc23)C1. The Morgan fingerprint density at radius 1 is 1.53 bits per heavy atom. The molecule has 0 aromatic carbocycles. The van der Waals surface area contributed by atoms with Gasteiger partial charge >= 0.3 is 0 Å². The second kappa shape index (κ2) is 5.61. The number of rotatable bonds is 3. The van der Waals surface area contributed by atoms with E-state index in [1.807, 2.05) is 11.4 Å². The second-order valence-corrected chi connectivity index (χ2v) is 6.36. The summed E-state index contributed by atoms with van der Waals surface area (Å²) < 4.78 is 0. The van der Waals surface area contributed by atoms with Crippen LogP contribution in [-0.2, 0) is 0 Å². The molecule has 0 spiro atoms. The van der Waals surface area contributed by atoms with E-state index in [2.05, 4.69) is 27.2 Å². The van der Waals surface area contributed by atoms with Crippen molar-refractivity contribution in [1.29, 1.82) is 0 Å². The third-order valence-corrected chi connectivity index (χ3v) is 4.55. The number of nitrogens with one attached hydrogen (secondary N) is 1. The van der Waals surface area contributed by atoms with Crippen molar-refractivity contribution in [1.82, 2.24) is 14.9 Å². The first-order chi connectivity index (χ1) is 9.22. The topological polar surface area (TPSA) is 41.0 Å². The molecule has 1 aliphatic rings. The van der Waals surface area contributed by atoms with Crippen LogP contribution in [0.15, 0.2) is 11.4 Å². The molecule has 0 bridgehead atoms. The lowest BCUT2D eigenvalue weighted by atomic mass is 9.98. The molecule has 0 radical (unpaired) electrons. The molecule has 3 rings (SSSR count). The number of fused-ring (bicyclic) bond motifs is 1. The van der Waals surface area contributed by atoms with Gasteiger partial charge < -0.3 is 10.2 Å². The highest BCUT2D eigenvalue weighted by Crippen LogP contribution is 2.27. The van der Waals surface area contributed by atoms with Crippen LogP contribution in [0.3, 0.4) is 0 Å². The van der Waals surface area contributed by atoms with Gasteiger partial charge in [-0.15, -0.1) is 11.3 Å². The molecule has 102 valence electrons. The Bertz CT molecular complexity index is 571. The minimum atomic E-state index is 0.318. The van der Waals surface area contributed by atoms with Crippen LogP contribution in [0.4, 0.5) is 5.82 Å². The molecule has 3 heterocycles. The highest BCUT2D eigenvalue weighted by atomic mass is 35.5. The first kappa shape index (κ1) is 13.1. The molecule has 4 nitrogen and oxygen atoms in total. The molecule has 0 saturated carbocycles. The minimum absolute atomic E-state index is 0.318. The van der Waals surface area contributed by atoms with Gasteiger partial charge in [0.2, 0.25) is 5.28 Å². The van der Waals surface area contributed by atoms with Crippen LogP contribution in [-0.4, -0.2) is 41.5 Å². The number of nitrogens with zero attached hydrogens (tertiary/aromatic N) is 3. The van der Waals surface area contributed by atoms with E-state index in [0.717, 1.165) is 29.1 Å². The molecule has 2 aromatic rings. The van der Waals surface area contributed by atoms with Gasteiger partial charge in [0.25, 0.3) is 0 Å². The van der Waals surface area contributed by atoms with E-state index in [1.165, 1.54) is 19.4 Å². The van der Waals surface area contributed by atoms with E-state index in [9.17, 15) is 0 Å². The zero-order chi connectivity index (χ0) is 13.2. The van der Waals surface area contributed by atoms with Gasteiger partial charge in [0.05, 0.1) is 5.39 Å². The standard InChI is InChI=1S/C13H17ClN4S/c1-18-5-2-3-9(8-18)7-15-11-10-4-6-19-12(10)17-13(14)16-11/h4,6,9H,2-3,5,7-8H2,1H3,(H,15,16,17). The second-order valence-electron chi connectivity index (χ2n) is 5.13. The number of anilines is 1. The first-order valence-electron chi connectivity index (χ1n) is 6.55. The van der Waals surface area contributed by atoms with Crippen LogP contribution in [0.5, 0.6) is 0 Å². The van der Waals surface area contributed by atoms with E-state index in [1.54, 1.807) is 11.3 Å². The van der Waals surface area contributed by atoms with Crippen LogP contribution in [0.1, 0.15) is 12.8 Å². The summed E-state index contributed by atoms with van der Waals surface area (Å²) in [5, 5.41) is 6.86. The predicted octanol–water partition coefficient (Wildman–Crippen LogP) is 3.10. The summed E-state index contributed by atoms with van der Waals surface area (Å²) >= 11 is 7.56. The third kappa shape index (κ3) is 2.99. The zero-order valence-electron chi connectivity index (χ0n) is 10.9. The van der Waals surface area contributed by atoms with Gasteiger partial charge in [-0.1, -0.05) is 0 Å². The van der Waals surface area contributed by atoms with Crippen molar-refractivity contribution in [3.05, 3.63) is 16.7 Å². The molecular formula is C13H17ClN4S. The maximum Gasteiger partial charge on any atom is 0.225 e. The Hall–Kier alpha value is -0.910. The molecule has 19 heavy (non-hydrogen) atoms. The lowest BCUT2D eigenvalue weighted by Gasteiger charge is -2.29. The Morgan fingerprint density at radius 2 is 2.42 bits per heavy atom. The smallest absolute Gasteiger partial charge is 0.225 e. The molecule has 1 unspecified atom stereocenters. The van der Waals surface area contributed by atoms with Gasteiger partial charge in [-0.05, 0) is 55.4 Å². The number of piperidine rings is 1. The highest BCUT2D eigenvalue weighted by Gasteiger charge is 2.17. The van der Waals surface area contributed by atoms with Crippen molar-refractivity contribution in [2.75, 3.05) is 32.0 Å². The van der Waals surface area contributed by atoms with Crippen LogP contribution < -0.4 is 5.32 Å². The molecule has 0 amide bonds. The molecule has 1 N–H and O–H groups in total. The molecule has 6 heteroatoms. The van der Waals surface area contributed by atoms with Crippen LogP contribution in [0.25, 0.3) is 10.2 Å². The third-order valence-electron chi connectivity index (χ3n) is 3.58. The zero-order valence-corrected chi connectivity index (χ0v) is 12.5. The summed E-state index contributed by atoms with van der Waals surface area (Å²) in [6, 6.07) is 2.05. The van der Waals surface area contributed by atoms with Crippen molar-refractivity contribution >= 4 is 39.0 Å². The fourth-order valence-corrected chi connectivity index (χ4v) is 3.63. The number of hydrogen-bond donors (Lipinski definition) is 1. The first-order valence-corrected chi connectivity index (χ1v) is 7.81. The molecule has 0 aliphatic carbocycles. The van der Waals surface area contributed by atoms with Crippen molar-refractivity contribution in [3.63, 3.8) is 0 Å². The quantitative estimate of drug-likeness (QED) is 0.884. The predicted molar refractivity (Wildman–Crippen MR) is 81.1 cm³/mol. The minimum Gasteiger partial charge on any atom is -0.369 e. The number of halogens is 1. The molecule has 2 aromatic heterocycles. The number of hydrogen-bond acceptors (Lipinski definition) is 5. The lowest BCUT2D eigenvalue weighted by molar-refractivity contribution is 0.217. The average molecular weight is 297 g/mol. The number of thiophene rings is 1. The lowest BCUT2D eigenvalue weighted by Crippen LogP contribution is -2.35. The van der Waals surface area contributed by atoms with Crippen LogP contribution in [0, 0.1) is 5.92 Å². The van der Waals surface area contributed by atoms with Gasteiger partial charge in [-0.3, -0.25) is 0 Å². The summed E-state index contributed by atoms with van der Waals surface area (Å²) in [6.07, 6.45) is 2.56. The summed E-state index contributed by atoms with van der Waals surface area (Å²) in [5.41, 5.74) is 0. The van der Waals surface area contributed by atoms with Gasteiger partial charge in [-0.2, -0.15) is 0 Å². The Kier molecular flexibility index (Phi) is 3.86. The number of likely N-dealkylation sites (tertiary alicyclic amines) is 1. The Labute approximate surface area is 121 Å². The maximum absolute atomic E-state index is 5.96. The summed E-state index contributed by atoms with van der Waals surface area (Å²) in [4.78, 5) is 11.9. The summed E-state index contributed by atoms with van der Waals surface area (Å²) in [5.74, 6) is 1.55. The molecule has 1 fully saturated rings. The Morgan fingerprint density at radius 3 is 3.26 bits per heavy atom. The summed E-state index contributed by atoms with van der Waals surface area (Å²) in [6.45, 7) is 3.31. The van der Waals surface area contributed by atoms with Gasteiger partial charge in [0.15, 0.2) is 0 Å². The fraction of sp³-hybridized carbons (Fsp3) is 0.538. The number of aromatic nitrogens is 2. The van der Waals surface area contributed by atoms with Crippen LogP contribution in [0.2, 0.25) is 5.28 Å². The average Bonchev–Trinajstić information content (AvgIpc) is 2.84. The molecular weight excluding hydrogens is 280 g/mol.